The van der Waals surface area contributed by atoms with Gasteiger partial charge in [-0.2, -0.15) is 5.26 Å². The maximum atomic E-state index is 9.97. The topological polar surface area (TPSA) is 71.7 Å². The first-order valence-electron chi connectivity index (χ1n) is 20.7. The average molecular weight is 791 g/mol. The first-order valence-corrected chi connectivity index (χ1v) is 20.7. The molecule has 1 aliphatic heterocycles. The fraction of sp³-hybridized carbons (Fsp3) is 0.0175. The van der Waals surface area contributed by atoms with Gasteiger partial charge in [0.2, 0.25) is 0 Å². The van der Waals surface area contributed by atoms with Crippen LogP contribution in [0.3, 0.4) is 0 Å². The summed E-state index contributed by atoms with van der Waals surface area (Å²) in [5.41, 5.74) is 14.1. The molecule has 12 rings (SSSR count). The van der Waals surface area contributed by atoms with Crippen LogP contribution < -0.4 is 4.74 Å². The van der Waals surface area contributed by atoms with Crippen LogP contribution in [0.25, 0.3) is 78.3 Å². The summed E-state index contributed by atoms with van der Waals surface area (Å²) in [4.78, 5) is 14.8. The first-order chi connectivity index (χ1) is 30.7. The molecule has 288 valence electrons. The largest absolute Gasteiger partial charge is 0.457 e. The van der Waals surface area contributed by atoms with E-state index in [9.17, 15) is 5.26 Å². The molecule has 1 aliphatic carbocycles. The van der Waals surface area contributed by atoms with Gasteiger partial charge in [0.25, 0.3) is 0 Å². The number of hydrogen-bond acceptors (Lipinski definition) is 5. The predicted octanol–water partition coefficient (Wildman–Crippen LogP) is 13.7. The van der Waals surface area contributed by atoms with Crippen molar-refractivity contribution in [2.24, 2.45) is 0 Å². The summed E-state index contributed by atoms with van der Waals surface area (Å²) in [6, 6.07) is 74.0. The van der Waals surface area contributed by atoms with Gasteiger partial charge in [-0.25, -0.2) is 15.0 Å². The molecule has 0 amide bonds. The van der Waals surface area contributed by atoms with Crippen LogP contribution >= 0.6 is 0 Å². The summed E-state index contributed by atoms with van der Waals surface area (Å²) < 4.78 is 6.79. The van der Waals surface area contributed by atoms with E-state index in [1.165, 1.54) is 22.3 Å². The highest BCUT2D eigenvalue weighted by molar-refractivity contribution is 6.00. The van der Waals surface area contributed by atoms with Gasteiger partial charge < -0.3 is 4.74 Å². The maximum Gasteiger partial charge on any atom is 0.164 e. The Morgan fingerprint density at radius 1 is 0.355 bits per heavy atom. The molecule has 2 heterocycles. The Morgan fingerprint density at radius 2 is 0.855 bits per heavy atom. The van der Waals surface area contributed by atoms with Gasteiger partial charge in [-0.05, 0) is 80.2 Å². The molecule has 1 unspecified atom stereocenters. The lowest BCUT2D eigenvalue weighted by atomic mass is 9.65. The molecule has 0 saturated carbocycles. The zero-order valence-corrected chi connectivity index (χ0v) is 33.3. The van der Waals surface area contributed by atoms with Gasteiger partial charge in [-0.1, -0.05) is 176 Å². The molecule has 1 atom stereocenters. The van der Waals surface area contributed by atoms with Gasteiger partial charge in [0.15, 0.2) is 17.5 Å². The van der Waals surface area contributed by atoms with E-state index >= 15 is 0 Å². The molecule has 2 aliphatic rings. The first kappa shape index (κ1) is 35.5. The van der Waals surface area contributed by atoms with Crippen molar-refractivity contribution >= 4 is 10.8 Å². The molecule has 0 saturated heterocycles. The van der Waals surface area contributed by atoms with Gasteiger partial charge in [-0.15, -0.1) is 0 Å². The fourth-order valence-electron chi connectivity index (χ4n) is 9.65. The van der Waals surface area contributed by atoms with E-state index in [1.807, 2.05) is 91.0 Å². The second-order valence-electron chi connectivity index (χ2n) is 15.8. The second-order valence-corrected chi connectivity index (χ2v) is 15.8. The van der Waals surface area contributed by atoms with Gasteiger partial charge in [0, 0.05) is 33.2 Å². The van der Waals surface area contributed by atoms with E-state index in [0.29, 0.717) is 23.0 Å². The van der Waals surface area contributed by atoms with Gasteiger partial charge in [-0.3, -0.25) is 0 Å². The summed E-state index contributed by atoms with van der Waals surface area (Å²) in [5.74, 6) is 3.55. The lowest BCUT2D eigenvalue weighted by Crippen LogP contribution is -2.32. The predicted molar refractivity (Wildman–Crippen MR) is 247 cm³/mol. The van der Waals surface area contributed by atoms with Crippen LogP contribution in [0.1, 0.15) is 27.8 Å². The summed E-state index contributed by atoms with van der Waals surface area (Å²) in [7, 11) is 0. The smallest absolute Gasteiger partial charge is 0.164 e. The van der Waals surface area contributed by atoms with E-state index < -0.39 is 5.41 Å². The van der Waals surface area contributed by atoms with Crippen molar-refractivity contribution in [3.05, 3.63) is 234 Å². The van der Waals surface area contributed by atoms with E-state index in [-0.39, 0.29) is 0 Å². The molecule has 5 heteroatoms. The third kappa shape index (κ3) is 5.44. The van der Waals surface area contributed by atoms with Crippen LogP contribution in [0.2, 0.25) is 0 Å². The van der Waals surface area contributed by atoms with Gasteiger partial charge in [0.05, 0.1) is 17.0 Å². The quantitative estimate of drug-likeness (QED) is 0.174. The molecular formula is C57H34N4O. The highest BCUT2D eigenvalue weighted by Gasteiger charge is 2.51. The van der Waals surface area contributed by atoms with E-state index in [0.717, 1.165) is 72.3 Å². The Kier molecular flexibility index (Phi) is 8.06. The van der Waals surface area contributed by atoms with Crippen molar-refractivity contribution in [2.45, 2.75) is 5.41 Å². The zero-order valence-electron chi connectivity index (χ0n) is 33.3. The number of nitrogens with zero attached hydrogens (tertiary/aromatic N) is 4. The molecule has 0 bridgehead atoms. The minimum absolute atomic E-state index is 0.619. The minimum atomic E-state index is -0.670. The molecule has 10 aromatic rings. The van der Waals surface area contributed by atoms with Crippen LogP contribution in [0.4, 0.5) is 0 Å². The Balaban J connectivity index is 1.02. The Bertz CT molecular complexity index is 3390. The monoisotopic (exact) mass is 790 g/mol. The lowest BCUT2D eigenvalue weighted by molar-refractivity contribution is 0.436. The standard InChI is InChI=1S/C57H34N4O/c58-35-42-28-30-44(45-18-8-7-17-43(42)45)41-29-32-53-51(34-41)57(49-21-11-12-22-52(49)62-53)48-20-10-9-19-46(48)47-31-27-40(33-50(47)57)36-23-25-39(26-24-36)56-60-54(37-13-3-1-4-14-37)59-55(61-56)38-15-5-2-6-16-38/h1-34H. The summed E-state index contributed by atoms with van der Waals surface area (Å²) in [6.45, 7) is 0. The third-order valence-corrected chi connectivity index (χ3v) is 12.5. The zero-order chi connectivity index (χ0) is 41.2. The number of rotatable bonds is 5. The number of hydrogen-bond donors (Lipinski definition) is 0. The SMILES string of the molecule is N#Cc1ccc(-c2ccc3c(c2)C2(c4ccccc4O3)c3ccccc3-c3ccc(-c4ccc(-c5nc(-c6ccccc6)nc(-c6ccccc6)n5)cc4)cc32)c2ccccc12. The molecular weight excluding hydrogens is 757 g/mol. The second kappa shape index (κ2) is 14.1. The molecule has 0 radical (unpaired) electrons. The Hall–Kier alpha value is -8.46. The molecule has 0 fully saturated rings. The highest BCUT2D eigenvalue weighted by Crippen LogP contribution is 2.63. The van der Waals surface area contributed by atoms with Crippen molar-refractivity contribution in [2.75, 3.05) is 0 Å². The van der Waals surface area contributed by atoms with Gasteiger partial charge >= 0.3 is 0 Å². The highest BCUT2D eigenvalue weighted by atomic mass is 16.5. The van der Waals surface area contributed by atoms with Crippen LogP contribution in [0, 0.1) is 11.3 Å². The van der Waals surface area contributed by atoms with Crippen LogP contribution in [0.15, 0.2) is 206 Å². The number of aromatic nitrogens is 3. The molecule has 1 aromatic heterocycles. The number of ether oxygens (including phenoxy) is 1. The van der Waals surface area contributed by atoms with Crippen molar-refractivity contribution in [1.82, 2.24) is 15.0 Å². The lowest BCUT2D eigenvalue weighted by Gasteiger charge is -2.39. The van der Waals surface area contributed by atoms with Crippen molar-refractivity contribution in [3.63, 3.8) is 0 Å². The van der Waals surface area contributed by atoms with E-state index in [4.69, 9.17) is 19.7 Å². The summed E-state index contributed by atoms with van der Waals surface area (Å²) >= 11 is 0. The third-order valence-electron chi connectivity index (χ3n) is 12.5. The molecule has 9 aromatic carbocycles. The molecule has 0 N–H and O–H groups in total. The van der Waals surface area contributed by atoms with Crippen molar-refractivity contribution in [1.29, 1.82) is 5.26 Å². The van der Waals surface area contributed by atoms with E-state index in [2.05, 4.69) is 121 Å². The maximum absolute atomic E-state index is 9.97. The average Bonchev–Trinajstić information content (AvgIpc) is 3.64. The normalized spacial score (nSPS) is 14.3. The number of para-hydroxylation sites is 1. The fourth-order valence-corrected chi connectivity index (χ4v) is 9.65. The van der Waals surface area contributed by atoms with Crippen molar-refractivity contribution < 1.29 is 4.74 Å². The molecule has 5 nitrogen and oxygen atoms in total. The summed E-state index contributed by atoms with van der Waals surface area (Å²) in [6.07, 6.45) is 0. The van der Waals surface area contributed by atoms with Crippen LogP contribution in [-0.4, -0.2) is 15.0 Å². The Morgan fingerprint density at radius 3 is 1.56 bits per heavy atom. The number of nitriles is 1. The number of benzene rings is 9. The molecule has 1 spiro atoms. The summed E-state index contributed by atoms with van der Waals surface area (Å²) in [5, 5.41) is 12.0. The van der Waals surface area contributed by atoms with E-state index in [1.54, 1.807) is 0 Å². The minimum Gasteiger partial charge on any atom is -0.457 e. The van der Waals surface area contributed by atoms with Crippen molar-refractivity contribution in [3.8, 4) is 85.1 Å². The van der Waals surface area contributed by atoms with Crippen LogP contribution in [0.5, 0.6) is 11.5 Å². The van der Waals surface area contributed by atoms with Crippen LogP contribution in [-0.2, 0) is 5.41 Å². The molecule has 62 heavy (non-hydrogen) atoms. The van der Waals surface area contributed by atoms with Gasteiger partial charge in [0.1, 0.15) is 11.5 Å². The Labute approximate surface area is 358 Å². The number of fused-ring (bicyclic) bond motifs is 10.